The van der Waals surface area contributed by atoms with Crippen molar-refractivity contribution in [1.82, 2.24) is 0 Å². The van der Waals surface area contributed by atoms with Crippen LogP contribution >= 0.6 is 0 Å². The summed E-state index contributed by atoms with van der Waals surface area (Å²) in [6.45, 7) is 9.44. The Morgan fingerprint density at radius 2 is 1.80 bits per heavy atom. The molecule has 2 unspecified atom stereocenters. The molecule has 2 atom stereocenters. The fraction of sp³-hybridized carbons (Fsp3) is 0.700. The molecule has 1 aliphatic carbocycles. The summed E-state index contributed by atoms with van der Waals surface area (Å²) in [5.41, 5.74) is 3.15. The molecule has 1 saturated carbocycles. The van der Waals surface area contributed by atoms with Gasteiger partial charge in [-0.05, 0) is 54.1 Å². The van der Waals surface area contributed by atoms with Crippen molar-refractivity contribution in [1.29, 1.82) is 0 Å². The van der Waals surface area contributed by atoms with Crippen molar-refractivity contribution in [3.8, 4) is 0 Å². The van der Waals surface area contributed by atoms with Gasteiger partial charge in [0.15, 0.2) is 0 Å². The molecule has 2 rings (SSSR count). The fourth-order valence-corrected chi connectivity index (χ4v) is 3.88. The number of aryl methyl sites for hydroxylation is 1. The maximum absolute atomic E-state index is 2.40. The van der Waals surface area contributed by atoms with Crippen LogP contribution in [-0.2, 0) is 6.42 Å². The molecule has 0 aromatic heterocycles. The van der Waals surface area contributed by atoms with Crippen molar-refractivity contribution < 1.29 is 0 Å². The van der Waals surface area contributed by atoms with Crippen LogP contribution in [0, 0.1) is 17.8 Å². The van der Waals surface area contributed by atoms with Gasteiger partial charge in [-0.15, -0.1) is 0 Å². The maximum atomic E-state index is 2.40. The first-order valence-electron chi connectivity index (χ1n) is 8.65. The fourth-order valence-electron chi connectivity index (χ4n) is 3.88. The van der Waals surface area contributed by atoms with Gasteiger partial charge >= 0.3 is 0 Å². The van der Waals surface area contributed by atoms with Crippen LogP contribution in [0.5, 0.6) is 0 Å². The third kappa shape index (κ3) is 4.11. The first kappa shape index (κ1) is 15.6. The molecule has 0 aliphatic heterocycles. The van der Waals surface area contributed by atoms with E-state index >= 15 is 0 Å². The monoisotopic (exact) mass is 272 g/mol. The van der Waals surface area contributed by atoms with E-state index in [1.165, 1.54) is 38.5 Å². The zero-order valence-corrected chi connectivity index (χ0v) is 13.9. The highest BCUT2D eigenvalue weighted by Crippen LogP contribution is 2.36. The minimum Gasteiger partial charge on any atom is -0.0625 e. The molecule has 1 aromatic rings. The van der Waals surface area contributed by atoms with Crippen molar-refractivity contribution in [2.75, 3.05) is 0 Å². The summed E-state index contributed by atoms with van der Waals surface area (Å²) >= 11 is 0. The standard InChI is InChI=1S/C20H32/c1-15(2)19-10-7-8-17(14-19)12-13-18-9-5-6-11-20(18)16(3)4/h5-6,9,11,15-17,19H,7-8,10,12-14H2,1-4H3. The molecule has 112 valence electrons. The van der Waals surface area contributed by atoms with Gasteiger partial charge in [-0.3, -0.25) is 0 Å². The molecule has 1 aliphatic rings. The number of hydrogen-bond donors (Lipinski definition) is 0. The minimum atomic E-state index is 0.654. The van der Waals surface area contributed by atoms with E-state index in [1.54, 1.807) is 11.1 Å². The Hall–Kier alpha value is -0.780. The highest BCUT2D eigenvalue weighted by Gasteiger charge is 2.24. The van der Waals surface area contributed by atoms with E-state index in [9.17, 15) is 0 Å². The first-order valence-corrected chi connectivity index (χ1v) is 8.65. The van der Waals surface area contributed by atoms with Crippen LogP contribution in [0.3, 0.4) is 0 Å². The molecule has 0 N–H and O–H groups in total. The summed E-state index contributed by atoms with van der Waals surface area (Å²) in [5.74, 6) is 3.48. The van der Waals surface area contributed by atoms with Gasteiger partial charge in [0.1, 0.15) is 0 Å². The van der Waals surface area contributed by atoms with Crippen LogP contribution in [0.4, 0.5) is 0 Å². The molecule has 20 heavy (non-hydrogen) atoms. The van der Waals surface area contributed by atoms with Gasteiger partial charge < -0.3 is 0 Å². The Labute approximate surface area is 126 Å². The zero-order valence-electron chi connectivity index (χ0n) is 13.9. The van der Waals surface area contributed by atoms with E-state index in [2.05, 4.69) is 52.0 Å². The predicted molar refractivity (Wildman–Crippen MR) is 89.1 cm³/mol. The lowest BCUT2D eigenvalue weighted by atomic mass is 9.74. The van der Waals surface area contributed by atoms with Crippen LogP contribution in [0.15, 0.2) is 24.3 Å². The molecule has 0 heterocycles. The van der Waals surface area contributed by atoms with E-state index in [-0.39, 0.29) is 0 Å². The van der Waals surface area contributed by atoms with Crippen molar-refractivity contribution >= 4 is 0 Å². The molecule has 0 saturated heterocycles. The van der Waals surface area contributed by atoms with Crippen molar-refractivity contribution in [2.45, 2.75) is 72.1 Å². The van der Waals surface area contributed by atoms with Gasteiger partial charge in [0.25, 0.3) is 0 Å². The topological polar surface area (TPSA) is 0 Å². The average molecular weight is 272 g/mol. The second-order valence-electron chi connectivity index (χ2n) is 7.43. The largest absolute Gasteiger partial charge is 0.0625 e. The number of benzene rings is 1. The molecule has 0 bridgehead atoms. The van der Waals surface area contributed by atoms with Crippen LogP contribution in [0.25, 0.3) is 0 Å². The second-order valence-corrected chi connectivity index (χ2v) is 7.43. The summed E-state index contributed by atoms with van der Waals surface area (Å²) in [5, 5.41) is 0. The lowest BCUT2D eigenvalue weighted by Gasteiger charge is -2.32. The van der Waals surface area contributed by atoms with Crippen LogP contribution in [0.2, 0.25) is 0 Å². The summed E-state index contributed by atoms with van der Waals surface area (Å²) in [4.78, 5) is 0. The van der Waals surface area contributed by atoms with Crippen LogP contribution in [0.1, 0.15) is 76.8 Å². The summed E-state index contributed by atoms with van der Waals surface area (Å²) in [7, 11) is 0. The highest BCUT2D eigenvalue weighted by molar-refractivity contribution is 5.29. The smallest absolute Gasteiger partial charge is 0.0216 e. The Kier molecular flexibility index (Phi) is 5.69. The van der Waals surface area contributed by atoms with Gasteiger partial charge in [0.05, 0.1) is 0 Å². The summed E-state index contributed by atoms with van der Waals surface area (Å²) in [6, 6.07) is 9.06. The molecule has 1 fully saturated rings. The zero-order chi connectivity index (χ0) is 14.5. The van der Waals surface area contributed by atoms with E-state index in [0.29, 0.717) is 5.92 Å². The lowest BCUT2D eigenvalue weighted by Crippen LogP contribution is -2.20. The van der Waals surface area contributed by atoms with Crippen LogP contribution in [-0.4, -0.2) is 0 Å². The molecule has 0 heteroatoms. The number of hydrogen-bond acceptors (Lipinski definition) is 0. The van der Waals surface area contributed by atoms with E-state index in [0.717, 1.165) is 17.8 Å². The quantitative estimate of drug-likeness (QED) is 0.598. The van der Waals surface area contributed by atoms with E-state index in [4.69, 9.17) is 0 Å². The van der Waals surface area contributed by atoms with Gasteiger partial charge in [0, 0.05) is 0 Å². The van der Waals surface area contributed by atoms with Gasteiger partial charge in [-0.1, -0.05) is 71.2 Å². The summed E-state index contributed by atoms with van der Waals surface area (Å²) < 4.78 is 0. The average Bonchev–Trinajstić information content (AvgIpc) is 2.45. The predicted octanol–water partition coefficient (Wildman–Crippen LogP) is 6.21. The summed E-state index contributed by atoms with van der Waals surface area (Å²) in [6.07, 6.45) is 8.54. The highest BCUT2D eigenvalue weighted by atomic mass is 14.3. The Morgan fingerprint density at radius 1 is 1.05 bits per heavy atom. The molecule has 0 spiro atoms. The molecular weight excluding hydrogens is 240 g/mol. The molecular formula is C20H32. The van der Waals surface area contributed by atoms with Gasteiger partial charge in [-0.25, -0.2) is 0 Å². The van der Waals surface area contributed by atoms with E-state index < -0.39 is 0 Å². The third-order valence-electron chi connectivity index (χ3n) is 5.27. The Balaban J connectivity index is 1.92. The molecule has 0 amide bonds. The SMILES string of the molecule is CC(C)c1ccccc1CCC1CCCC(C(C)C)C1. The van der Waals surface area contributed by atoms with Crippen molar-refractivity contribution in [2.24, 2.45) is 17.8 Å². The Morgan fingerprint density at radius 3 is 2.50 bits per heavy atom. The van der Waals surface area contributed by atoms with Crippen LogP contribution < -0.4 is 0 Å². The van der Waals surface area contributed by atoms with Crippen molar-refractivity contribution in [3.63, 3.8) is 0 Å². The first-order chi connectivity index (χ1) is 9.58. The number of rotatable bonds is 5. The normalized spacial score (nSPS) is 23.5. The molecule has 1 aromatic carbocycles. The van der Waals surface area contributed by atoms with Crippen molar-refractivity contribution in [3.05, 3.63) is 35.4 Å². The third-order valence-corrected chi connectivity index (χ3v) is 5.27. The van der Waals surface area contributed by atoms with Gasteiger partial charge in [-0.2, -0.15) is 0 Å². The maximum Gasteiger partial charge on any atom is -0.0216 e. The van der Waals surface area contributed by atoms with E-state index in [1.807, 2.05) is 0 Å². The second kappa shape index (κ2) is 7.29. The molecule has 0 radical (unpaired) electrons. The minimum absolute atomic E-state index is 0.654. The molecule has 0 nitrogen and oxygen atoms in total. The van der Waals surface area contributed by atoms with Gasteiger partial charge in [0.2, 0.25) is 0 Å². The lowest BCUT2D eigenvalue weighted by molar-refractivity contribution is 0.207. The Bertz CT molecular complexity index is 402.